The molecule has 1 rings (SSSR count). The van der Waals surface area contributed by atoms with Crippen LogP contribution >= 0.6 is 15.9 Å². The second-order valence-electron chi connectivity index (χ2n) is 4.87. The molecule has 0 saturated carbocycles. The predicted molar refractivity (Wildman–Crippen MR) is 83.2 cm³/mol. The molecule has 2 amide bonds. The van der Waals surface area contributed by atoms with Gasteiger partial charge in [0, 0.05) is 11.0 Å². The highest BCUT2D eigenvalue weighted by molar-refractivity contribution is 9.10. The molecule has 0 fully saturated rings. The van der Waals surface area contributed by atoms with Gasteiger partial charge in [-0.3, -0.25) is 0 Å². The van der Waals surface area contributed by atoms with Gasteiger partial charge in [0.25, 0.3) is 0 Å². The maximum Gasteiger partial charge on any atom is 0.319 e. The van der Waals surface area contributed by atoms with Crippen LogP contribution in [0.2, 0.25) is 0 Å². The lowest BCUT2D eigenvalue weighted by Crippen LogP contribution is -2.33. The number of carbonyl (C=O) groups excluding carboxylic acids is 1. The van der Waals surface area contributed by atoms with E-state index in [0.717, 1.165) is 4.47 Å². The summed E-state index contributed by atoms with van der Waals surface area (Å²) in [6, 6.07) is 5.05. The maximum absolute atomic E-state index is 11.8. The first kappa shape index (κ1) is 16.8. The molecule has 0 unspecified atom stereocenters. The standard InChI is InChI=1S/C14H21BrN2O3/c1-9(6-10(2)18)8-16-14(19)17-13-5-4-11(20-3)7-12(13)15/h4-5,7,9-10,18H,6,8H2,1-3H3,(H2,16,17,19)/t9-,10-/m1/s1. The maximum atomic E-state index is 11.8. The van der Waals surface area contributed by atoms with Gasteiger partial charge in [0.2, 0.25) is 0 Å². The number of amides is 2. The summed E-state index contributed by atoms with van der Waals surface area (Å²) < 4.78 is 5.84. The van der Waals surface area contributed by atoms with E-state index in [1.165, 1.54) is 0 Å². The van der Waals surface area contributed by atoms with Gasteiger partial charge < -0.3 is 20.5 Å². The monoisotopic (exact) mass is 344 g/mol. The Kier molecular flexibility index (Phi) is 6.81. The average molecular weight is 345 g/mol. The van der Waals surface area contributed by atoms with E-state index in [2.05, 4.69) is 26.6 Å². The summed E-state index contributed by atoms with van der Waals surface area (Å²) in [5, 5.41) is 14.8. The molecule has 0 aliphatic carbocycles. The number of halogens is 1. The number of ether oxygens (including phenoxy) is 1. The number of hydrogen-bond donors (Lipinski definition) is 3. The molecule has 112 valence electrons. The lowest BCUT2D eigenvalue weighted by atomic mass is 10.1. The number of aliphatic hydroxyl groups is 1. The van der Waals surface area contributed by atoms with Crippen LogP contribution in [0.1, 0.15) is 20.3 Å². The Morgan fingerprint density at radius 2 is 2.15 bits per heavy atom. The summed E-state index contributed by atoms with van der Waals surface area (Å²) in [6.07, 6.45) is 0.303. The molecule has 0 heterocycles. The fraction of sp³-hybridized carbons (Fsp3) is 0.500. The SMILES string of the molecule is COc1ccc(NC(=O)NC[C@H](C)C[C@@H](C)O)c(Br)c1. The zero-order valence-electron chi connectivity index (χ0n) is 11.9. The molecule has 0 aliphatic heterocycles. The van der Waals surface area contributed by atoms with Crippen LogP contribution in [0.15, 0.2) is 22.7 Å². The summed E-state index contributed by atoms with van der Waals surface area (Å²) in [4.78, 5) is 11.8. The van der Waals surface area contributed by atoms with Crippen LogP contribution in [-0.2, 0) is 0 Å². The molecule has 0 saturated heterocycles. The summed E-state index contributed by atoms with van der Waals surface area (Å²) in [5.74, 6) is 0.938. The van der Waals surface area contributed by atoms with E-state index in [1.807, 2.05) is 6.92 Å². The van der Waals surface area contributed by atoms with Crippen molar-refractivity contribution < 1.29 is 14.6 Å². The third-order valence-corrected chi connectivity index (χ3v) is 3.44. The Balaban J connectivity index is 2.46. The summed E-state index contributed by atoms with van der Waals surface area (Å²) >= 11 is 3.37. The van der Waals surface area contributed by atoms with Crippen molar-refractivity contribution in [2.45, 2.75) is 26.4 Å². The minimum Gasteiger partial charge on any atom is -0.497 e. The predicted octanol–water partition coefficient (Wildman–Crippen LogP) is 2.99. The Labute approximate surface area is 127 Å². The molecule has 0 aromatic heterocycles. The molecule has 1 aromatic rings. The van der Waals surface area contributed by atoms with Crippen LogP contribution < -0.4 is 15.4 Å². The number of anilines is 1. The smallest absolute Gasteiger partial charge is 0.319 e. The number of methoxy groups -OCH3 is 1. The van der Waals surface area contributed by atoms with Crippen molar-refractivity contribution in [3.63, 3.8) is 0 Å². The third kappa shape index (κ3) is 5.79. The normalized spacial score (nSPS) is 13.4. The van der Waals surface area contributed by atoms with E-state index >= 15 is 0 Å². The Hall–Kier alpha value is -1.27. The quantitative estimate of drug-likeness (QED) is 0.742. The van der Waals surface area contributed by atoms with Crippen molar-refractivity contribution in [3.05, 3.63) is 22.7 Å². The molecule has 6 heteroatoms. The molecule has 1 aromatic carbocycles. The van der Waals surface area contributed by atoms with Crippen LogP contribution in [0.3, 0.4) is 0 Å². The zero-order chi connectivity index (χ0) is 15.1. The molecule has 0 bridgehead atoms. The van der Waals surface area contributed by atoms with Crippen molar-refractivity contribution in [2.75, 3.05) is 19.0 Å². The van der Waals surface area contributed by atoms with E-state index in [0.29, 0.717) is 24.4 Å². The van der Waals surface area contributed by atoms with Gasteiger partial charge in [-0.05, 0) is 53.4 Å². The molecule has 5 nitrogen and oxygen atoms in total. The van der Waals surface area contributed by atoms with Gasteiger partial charge in [-0.2, -0.15) is 0 Å². The van der Waals surface area contributed by atoms with Crippen molar-refractivity contribution in [3.8, 4) is 5.75 Å². The first-order chi connectivity index (χ1) is 9.42. The second-order valence-corrected chi connectivity index (χ2v) is 5.73. The lowest BCUT2D eigenvalue weighted by Gasteiger charge is -2.15. The summed E-state index contributed by atoms with van der Waals surface area (Å²) in [5.41, 5.74) is 0.673. The van der Waals surface area contributed by atoms with Crippen LogP contribution in [0, 0.1) is 5.92 Å². The first-order valence-corrected chi connectivity index (χ1v) is 7.28. The van der Waals surface area contributed by atoms with Gasteiger partial charge in [-0.1, -0.05) is 6.92 Å². The Morgan fingerprint density at radius 3 is 2.70 bits per heavy atom. The van der Waals surface area contributed by atoms with Crippen LogP contribution in [0.4, 0.5) is 10.5 Å². The highest BCUT2D eigenvalue weighted by atomic mass is 79.9. The van der Waals surface area contributed by atoms with E-state index in [9.17, 15) is 9.90 Å². The van der Waals surface area contributed by atoms with Crippen molar-refractivity contribution in [1.29, 1.82) is 0 Å². The van der Waals surface area contributed by atoms with Gasteiger partial charge in [0.05, 0.1) is 18.9 Å². The summed E-state index contributed by atoms with van der Waals surface area (Å²) in [7, 11) is 1.59. The van der Waals surface area contributed by atoms with Gasteiger partial charge in [-0.15, -0.1) is 0 Å². The van der Waals surface area contributed by atoms with Crippen molar-refractivity contribution >= 4 is 27.6 Å². The highest BCUT2D eigenvalue weighted by Crippen LogP contribution is 2.26. The molecular weight excluding hydrogens is 324 g/mol. The van der Waals surface area contributed by atoms with E-state index in [-0.39, 0.29) is 18.1 Å². The molecular formula is C14H21BrN2O3. The number of urea groups is 1. The minimum atomic E-state index is -0.356. The van der Waals surface area contributed by atoms with Gasteiger partial charge >= 0.3 is 6.03 Å². The lowest BCUT2D eigenvalue weighted by molar-refractivity contribution is 0.163. The van der Waals surface area contributed by atoms with Gasteiger partial charge in [0.1, 0.15) is 5.75 Å². The molecule has 3 N–H and O–H groups in total. The largest absolute Gasteiger partial charge is 0.497 e. The van der Waals surface area contributed by atoms with Crippen LogP contribution in [0.5, 0.6) is 5.75 Å². The van der Waals surface area contributed by atoms with E-state index in [4.69, 9.17) is 4.74 Å². The molecule has 0 radical (unpaired) electrons. The summed E-state index contributed by atoms with van der Waals surface area (Å²) in [6.45, 7) is 4.24. The molecule has 2 atom stereocenters. The van der Waals surface area contributed by atoms with Crippen LogP contribution in [-0.4, -0.2) is 30.9 Å². The number of hydrogen-bond acceptors (Lipinski definition) is 3. The number of nitrogens with one attached hydrogen (secondary N) is 2. The fourth-order valence-electron chi connectivity index (χ4n) is 1.82. The van der Waals surface area contributed by atoms with Crippen LogP contribution in [0.25, 0.3) is 0 Å². The van der Waals surface area contributed by atoms with Crippen molar-refractivity contribution in [1.82, 2.24) is 5.32 Å². The zero-order valence-corrected chi connectivity index (χ0v) is 13.5. The van der Waals surface area contributed by atoms with Gasteiger partial charge in [0.15, 0.2) is 0 Å². The second kappa shape index (κ2) is 8.11. The number of aliphatic hydroxyl groups excluding tert-OH is 1. The molecule has 0 spiro atoms. The van der Waals surface area contributed by atoms with Gasteiger partial charge in [-0.25, -0.2) is 4.79 Å². The third-order valence-electron chi connectivity index (χ3n) is 2.78. The number of carbonyl (C=O) groups is 1. The van der Waals surface area contributed by atoms with E-state index in [1.54, 1.807) is 32.2 Å². The molecule has 0 aliphatic rings. The minimum absolute atomic E-state index is 0.222. The number of benzene rings is 1. The first-order valence-electron chi connectivity index (χ1n) is 6.48. The Morgan fingerprint density at radius 1 is 1.45 bits per heavy atom. The highest BCUT2D eigenvalue weighted by Gasteiger charge is 2.09. The fourth-order valence-corrected chi connectivity index (χ4v) is 2.28. The Bertz CT molecular complexity index is 452. The molecule has 20 heavy (non-hydrogen) atoms. The number of rotatable bonds is 6. The topological polar surface area (TPSA) is 70.6 Å². The van der Waals surface area contributed by atoms with Crippen molar-refractivity contribution in [2.24, 2.45) is 5.92 Å². The average Bonchev–Trinajstić information content (AvgIpc) is 2.38. The van der Waals surface area contributed by atoms with E-state index < -0.39 is 0 Å².